The standard InChI is InChI=1S/C16H16BrClS/c17-13-7-5-11(6-8-13)9-14(18)16-10-12-3-1-2-4-15(12)19-16/h5-8,10,14H,1-4,9H2. The van der Waals surface area contributed by atoms with E-state index in [0.717, 1.165) is 10.9 Å². The highest BCUT2D eigenvalue weighted by Crippen LogP contribution is 2.36. The molecule has 0 spiro atoms. The van der Waals surface area contributed by atoms with Gasteiger partial charge in [-0.2, -0.15) is 0 Å². The van der Waals surface area contributed by atoms with Crippen LogP contribution in [0, 0.1) is 0 Å². The summed E-state index contributed by atoms with van der Waals surface area (Å²) in [4.78, 5) is 2.92. The normalized spacial score (nSPS) is 16.1. The third kappa shape index (κ3) is 3.24. The number of benzene rings is 1. The molecule has 1 aromatic carbocycles. The molecule has 1 heterocycles. The van der Waals surface area contributed by atoms with E-state index in [-0.39, 0.29) is 5.38 Å². The van der Waals surface area contributed by atoms with Crippen LogP contribution in [0.25, 0.3) is 0 Å². The molecule has 1 aliphatic carbocycles. The summed E-state index contributed by atoms with van der Waals surface area (Å²) < 4.78 is 1.12. The van der Waals surface area contributed by atoms with Gasteiger partial charge in [0.1, 0.15) is 0 Å². The number of hydrogen-bond donors (Lipinski definition) is 0. The predicted octanol–water partition coefficient (Wildman–Crippen LogP) is 5.91. The van der Waals surface area contributed by atoms with Crippen molar-refractivity contribution in [2.24, 2.45) is 0 Å². The molecule has 1 aliphatic rings. The van der Waals surface area contributed by atoms with Crippen molar-refractivity contribution in [2.75, 3.05) is 0 Å². The number of halogens is 2. The Morgan fingerprint density at radius 2 is 1.89 bits per heavy atom. The van der Waals surface area contributed by atoms with Crippen molar-refractivity contribution in [1.82, 2.24) is 0 Å². The molecule has 0 saturated heterocycles. The minimum absolute atomic E-state index is 0.108. The van der Waals surface area contributed by atoms with Crippen molar-refractivity contribution in [3.8, 4) is 0 Å². The summed E-state index contributed by atoms with van der Waals surface area (Å²) in [5.41, 5.74) is 2.85. The van der Waals surface area contributed by atoms with Gasteiger partial charge in [-0.25, -0.2) is 0 Å². The Morgan fingerprint density at radius 1 is 1.16 bits per heavy atom. The molecular formula is C16H16BrClS. The number of rotatable bonds is 3. The van der Waals surface area contributed by atoms with E-state index >= 15 is 0 Å². The van der Waals surface area contributed by atoms with E-state index in [1.165, 1.54) is 36.1 Å². The molecule has 0 bridgehead atoms. The van der Waals surface area contributed by atoms with Gasteiger partial charge in [0, 0.05) is 14.2 Å². The lowest BCUT2D eigenvalue weighted by Crippen LogP contribution is -1.96. The molecule has 0 fully saturated rings. The molecular weight excluding hydrogens is 340 g/mol. The van der Waals surface area contributed by atoms with E-state index in [0.29, 0.717) is 0 Å². The molecule has 19 heavy (non-hydrogen) atoms. The number of hydrogen-bond acceptors (Lipinski definition) is 1. The van der Waals surface area contributed by atoms with E-state index in [1.807, 2.05) is 11.3 Å². The fourth-order valence-electron chi connectivity index (χ4n) is 2.60. The molecule has 0 nitrogen and oxygen atoms in total. The van der Waals surface area contributed by atoms with Crippen LogP contribution >= 0.6 is 38.9 Å². The van der Waals surface area contributed by atoms with Gasteiger partial charge in [-0.1, -0.05) is 28.1 Å². The quantitative estimate of drug-likeness (QED) is 0.600. The van der Waals surface area contributed by atoms with Gasteiger partial charge in [0.2, 0.25) is 0 Å². The number of fused-ring (bicyclic) bond motifs is 1. The van der Waals surface area contributed by atoms with Crippen molar-refractivity contribution in [1.29, 1.82) is 0 Å². The van der Waals surface area contributed by atoms with Crippen LogP contribution in [0.4, 0.5) is 0 Å². The minimum atomic E-state index is 0.108. The lowest BCUT2D eigenvalue weighted by molar-refractivity contribution is 0.697. The summed E-state index contributed by atoms with van der Waals surface area (Å²) in [6, 6.07) is 10.8. The smallest absolute Gasteiger partial charge is 0.0719 e. The molecule has 0 saturated carbocycles. The lowest BCUT2D eigenvalue weighted by Gasteiger charge is -2.08. The van der Waals surface area contributed by atoms with Crippen LogP contribution in [0.15, 0.2) is 34.8 Å². The average Bonchev–Trinajstić information content (AvgIpc) is 2.85. The highest BCUT2D eigenvalue weighted by atomic mass is 79.9. The Bertz CT molecular complexity index is 535. The van der Waals surface area contributed by atoms with Crippen molar-refractivity contribution in [3.05, 3.63) is 55.7 Å². The molecule has 0 N–H and O–H groups in total. The maximum Gasteiger partial charge on any atom is 0.0719 e. The monoisotopic (exact) mass is 354 g/mol. The van der Waals surface area contributed by atoms with Crippen LogP contribution < -0.4 is 0 Å². The summed E-state index contributed by atoms with van der Waals surface area (Å²) in [6.45, 7) is 0. The summed E-state index contributed by atoms with van der Waals surface area (Å²) in [7, 11) is 0. The predicted molar refractivity (Wildman–Crippen MR) is 87.4 cm³/mol. The van der Waals surface area contributed by atoms with E-state index in [1.54, 1.807) is 10.4 Å². The average molecular weight is 356 g/mol. The van der Waals surface area contributed by atoms with Crippen molar-refractivity contribution >= 4 is 38.9 Å². The number of aryl methyl sites for hydroxylation is 2. The van der Waals surface area contributed by atoms with Crippen molar-refractivity contribution in [2.45, 2.75) is 37.5 Å². The topological polar surface area (TPSA) is 0 Å². The molecule has 2 aromatic rings. The first-order valence-corrected chi connectivity index (χ1v) is 8.77. The van der Waals surface area contributed by atoms with Gasteiger partial charge in [0.15, 0.2) is 0 Å². The fraction of sp³-hybridized carbons (Fsp3) is 0.375. The second kappa shape index (κ2) is 5.99. The third-order valence-electron chi connectivity index (χ3n) is 3.65. The van der Waals surface area contributed by atoms with Crippen LogP contribution in [-0.2, 0) is 19.3 Å². The van der Waals surface area contributed by atoms with Crippen LogP contribution in [0.3, 0.4) is 0 Å². The first-order chi connectivity index (χ1) is 9.22. The van der Waals surface area contributed by atoms with Gasteiger partial charge in [-0.3, -0.25) is 0 Å². The van der Waals surface area contributed by atoms with Gasteiger partial charge in [0.05, 0.1) is 5.38 Å². The molecule has 3 heteroatoms. The van der Waals surface area contributed by atoms with Crippen LogP contribution in [0.1, 0.15) is 39.1 Å². The number of alkyl halides is 1. The zero-order chi connectivity index (χ0) is 13.2. The molecule has 3 rings (SSSR count). The second-order valence-electron chi connectivity index (χ2n) is 5.10. The summed E-state index contributed by atoms with van der Waals surface area (Å²) >= 11 is 12.0. The first-order valence-electron chi connectivity index (χ1n) is 6.72. The number of thiophene rings is 1. The highest BCUT2D eigenvalue weighted by molar-refractivity contribution is 9.10. The van der Waals surface area contributed by atoms with Crippen LogP contribution in [0.5, 0.6) is 0 Å². The lowest BCUT2D eigenvalue weighted by atomic mass is 9.99. The SMILES string of the molecule is ClC(Cc1ccc(Br)cc1)c1cc2c(s1)CCCC2. The Morgan fingerprint density at radius 3 is 2.63 bits per heavy atom. The summed E-state index contributed by atoms with van der Waals surface area (Å²) in [5, 5.41) is 0.108. The van der Waals surface area contributed by atoms with Gasteiger partial charge < -0.3 is 0 Å². The molecule has 1 atom stereocenters. The molecule has 0 aliphatic heterocycles. The molecule has 0 radical (unpaired) electrons. The van der Waals surface area contributed by atoms with E-state index in [4.69, 9.17) is 11.6 Å². The molecule has 1 unspecified atom stereocenters. The Kier molecular flexibility index (Phi) is 4.30. The highest BCUT2D eigenvalue weighted by Gasteiger charge is 2.18. The van der Waals surface area contributed by atoms with Gasteiger partial charge in [-0.15, -0.1) is 22.9 Å². The largest absolute Gasteiger partial charge is 0.144 e. The van der Waals surface area contributed by atoms with Crippen molar-refractivity contribution in [3.63, 3.8) is 0 Å². The summed E-state index contributed by atoms with van der Waals surface area (Å²) in [5.74, 6) is 0. The van der Waals surface area contributed by atoms with Gasteiger partial charge in [0.25, 0.3) is 0 Å². The van der Waals surface area contributed by atoms with E-state index in [2.05, 4.69) is 46.3 Å². The second-order valence-corrected chi connectivity index (χ2v) is 7.71. The Hall–Kier alpha value is -0.310. The Labute approximate surface area is 131 Å². The Balaban J connectivity index is 1.74. The molecule has 1 aromatic heterocycles. The summed E-state index contributed by atoms with van der Waals surface area (Å²) in [6.07, 6.45) is 6.08. The maximum atomic E-state index is 6.60. The zero-order valence-electron chi connectivity index (χ0n) is 10.7. The van der Waals surface area contributed by atoms with Gasteiger partial charge >= 0.3 is 0 Å². The minimum Gasteiger partial charge on any atom is -0.144 e. The fourth-order valence-corrected chi connectivity index (χ4v) is 4.47. The van der Waals surface area contributed by atoms with E-state index < -0.39 is 0 Å². The molecule has 100 valence electrons. The first kappa shape index (κ1) is 13.7. The van der Waals surface area contributed by atoms with Crippen molar-refractivity contribution < 1.29 is 0 Å². The van der Waals surface area contributed by atoms with Crippen LogP contribution in [0.2, 0.25) is 0 Å². The van der Waals surface area contributed by atoms with E-state index in [9.17, 15) is 0 Å². The van der Waals surface area contributed by atoms with Crippen LogP contribution in [-0.4, -0.2) is 0 Å². The maximum absolute atomic E-state index is 6.60. The van der Waals surface area contributed by atoms with Gasteiger partial charge in [-0.05, 0) is 61.4 Å². The third-order valence-corrected chi connectivity index (χ3v) is 6.05. The zero-order valence-corrected chi connectivity index (χ0v) is 13.8. The molecule has 0 amide bonds.